The average Bonchev–Trinajstić information content (AvgIpc) is 3.58. The first-order valence-corrected chi connectivity index (χ1v) is 14.0. The maximum atomic E-state index is 13.4. The Morgan fingerprint density at radius 2 is 1.47 bits per heavy atom. The van der Waals surface area contributed by atoms with Crippen molar-refractivity contribution in [3.05, 3.63) is 61.2 Å². The predicted octanol–water partition coefficient (Wildman–Crippen LogP) is 4.40. The molecular formula is C31H44N2O5. The van der Waals surface area contributed by atoms with E-state index in [0.29, 0.717) is 19.3 Å². The maximum absolute atomic E-state index is 13.4. The summed E-state index contributed by atoms with van der Waals surface area (Å²) in [5, 5.41) is 16.0. The average molecular weight is 525 g/mol. The lowest BCUT2D eigenvalue weighted by Gasteiger charge is -2.33. The number of benzene rings is 1. The SMILES string of the molecule is C=CC[C@@H](CC(=O)NC1(CO)CCCC1)C(=O)NC1(COC(=O)[C@@H](CC=C)Cc2ccccc2)CCCC1. The molecule has 2 aliphatic carbocycles. The van der Waals surface area contributed by atoms with Crippen molar-refractivity contribution in [1.82, 2.24) is 10.6 Å². The van der Waals surface area contributed by atoms with Crippen molar-refractivity contribution in [2.45, 2.75) is 88.1 Å². The van der Waals surface area contributed by atoms with Crippen LogP contribution in [0.3, 0.4) is 0 Å². The van der Waals surface area contributed by atoms with Gasteiger partial charge < -0.3 is 20.5 Å². The van der Waals surface area contributed by atoms with Gasteiger partial charge in [0, 0.05) is 6.42 Å². The number of ether oxygens (including phenoxy) is 1. The topological polar surface area (TPSA) is 105 Å². The van der Waals surface area contributed by atoms with Gasteiger partial charge in [-0.25, -0.2) is 0 Å². The lowest BCUT2D eigenvalue weighted by Crippen LogP contribution is -2.53. The molecule has 0 radical (unpaired) electrons. The summed E-state index contributed by atoms with van der Waals surface area (Å²) in [4.78, 5) is 39.3. The normalized spacial score (nSPS) is 19.2. The molecule has 0 aliphatic heterocycles. The zero-order valence-corrected chi connectivity index (χ0v) is 22.6. The van der Waals surface area contributed by atoms with Crippen molar-refractivity contribution >= 4 is 17.8 Å². The Bertz CT molecular complexity index is 948. The number of carbonyl (C=O) groups is 3. The molecule has 2 aliphatic rings. The molecule has 0 heterocycles. The summed E-state index contributed by atoms with van der Waals surface area (Å²) < 4.78 is 5.83. The summed E-state index contributed by atoms with van der Waals surface area (Å²) in [7, 11) is 0. The van der Waals surface area contributed by atoms with Gasteiger partial charge in [-0.05, 0) is 50.5 Å². The van der Waals surface area contributed by atoms with Crippen molar-refractivity contribution in [3.8, 4) is 0 Å². The minimum absolute atomic E-state index is 0.0218. The van der Waals surface area contributed by atoms with E-state index < -0.39 is 17.0 Å². The minimum Gasteiger partial charge on any atom is -0.463 e. The smallest absolute Gasteiger partial charge is 0.309 e. The van der Waals surface area contributed by atoms with Crippen molar-refractivity contribution in [2.24, 2.45) is 11.8 Å². The number of aliphatic hydroxyl groups excluding tert-OH is 1. The van der Waals surface area contributed by atoms with E-state index in [4.69, 9.17) is 4.74 Å². The number of carbonyl (C=O) groups excluding carboxylic acids is 3. The van der Waals surface area contributed by atoms with Crippen LogP contribution in [0.5, 0.6) is 0 Å². The fourth-order valence-electron chi connectivity index (χ4n) is 5.84. The van der Waals surface area contributed by atoms with Crippen LogP contribution in [0.25, 0.3) is 0 Å². The first kappa shape index (κ1) is 29.6. The third-order valence-corrected chi connectivity index (χ3v) is 8.07. The van der Waals surface area contributed by atoms with E-state index in [1.54, 1.807) is 12.2 Å². The molecule has 2 atom stereocenters. The van der Waals surface area contributed by atoms with Gasteiger partial charge in [0.1, 0.15) is 6.61 Å². The monoisotopic (exact) mass is 524 g/mol. The van der Waals surface area contributed by atoms with Gasteiger partial charge in [-0.2, -0.15) is 0 Å². The number of rotatable bonds is 15. The number of hydrogen-bond donors (Lipinski definition) is 3. The third-order valence-electron chi connectivity index (χ3n) is 8.07. The number of esters is 1. The van der Waals surface area contributed by atoms with Gasteiger partial charge in [0.25, 0.3) is 0 Å². The molecule has 7 heteroatoms. The van der Waals surface area contributed by atoms with Crippen LogP contribution in [0.4, 0.5) is 0 Å². The first-order valence-electron chi connectivity index (χ1n) is 14.0. The number of amides is 2. The van der Waals surface area contributed by atoms with E-state index in [9.17, 15) is 19.5 Å². The largest absolute Gasteiger partial charge is 0.463 e. The summed E-state index contributed by atoms with van der Waals surface area (Å²) in [6.07, 6.45) is 11.6. The minimum atomic E-state index is -0.633. The summed E-state index contributed by atoms with van der Waals surface area (Å²) in [6, 6.07) is 9.83. The maximum Gasteiger partial charge on any atom is 0.309 e. The highest BCUT2D eigenvalue weighted by atomic mass is 16.5. The van der Waals surface area contributed by atoms with Crippen LogP contribution in [0, 0.1) is 11.8 Å². The van der Waals surface area contributed by atoms with Gasteiger partial charge in [0.15, 0.2) is 0 Å². The Balaban J connectivity index is 1.61. The van der Waals surface area contributed by atoms with E-state index in [0.717, 1.165) is 56.9 Å². The molecule has 7 nitrogen and oxygen atoms in total. The number of aliphatic hydroxyl groups is 1. The Kier molecular flexibility index (Phi) is 11.1. The van der Waals surface area contributed by atoms with Crippen molar-refractivity contribution in [1.29, 1.82) is 0 Å². The van der Waals surface area contributed by atoms with Crippen molar-refractivity contribution in [2.75, 3.05) is 13.2 Å². The second-order valence-corrected chi connectivity index (χ2v) is 11.1. The van der Waals surface area contributed by atoms with E-state index in [-0.39, 0.29) is 43.3 Å². The molecule has 2 fully saturated rings. The van der Waals surface area contributed by atoms with Crippen LogP contribution in [-0.2, 0) is 25.5 Å². The number of hydrogen-bond acceptors (Lipinski definition) is 5. The van der Waals surface area contributed by atoms with Gasteiger partial charge in [0.05, 0.1) is 29.5 Å². The molecular weight excluding hydrogens is 480 g/mol. The summed E-state index contributed by atoms with van der Waals surface area (Å²) in [6.45, 7) is 7.59. The Hall–Kier alpha value is -2.93. The van der Waals surface area contributed by atoms with E-state index >= 15 is 0 Å². The second-order valence-electron chi connectivity index (χ2n) is 11.1. The highest BCUT2D eigenvalue weighted by molar-refractivity contribution is 5.86. The molecule has 0 saturated heterocycles. The van der Waals surface area contributed by atoms with Crippen LogP contribution in [0.2, 0.25) is 0 Å². The fourth-order valence-corrected chi connectivity index (χ4v) is 5.84. The van der Waals surface area contributed by atoms with Gasteiger partial charge in [-0.3, -0.25) is 14.4 Å². The molecule has 3 N–H and O–H groups in total. The van der Waals surface area contributed by atoms with Crippen molar-refractivity contribution < 1.29 is 24.2 Å². The Morgan fingerprint density at radius 3 is 2.05 bits per heavy atom. The zero-order valence-electron chi connectivity index (χ0n) is 22.6. The lowest BCUT2D eigenvalue weighted by molar-refractivity contribution is -0.151. The van der Waals surface area contributed by atoms with Crippen LogP contribution in [0.15, 0.2) is 55.6 Å². The fraction of sp³-hybridized carbons (Fsp3) is 0.581. The van der Waals surface area contributed by atoms with E-state index in [2.05, 4.69) is 23.8 Å². The standard InChI is InChI=1S/C31H44N2O5/c1-3-12-25(21-27(35)32-30(22-34)16-8-9-17-30)28(36)33-31(18-10-11-19-31)23-38-29(37)26(13-4-2)20-24-14-6-5-7-15-24/h3-7,14-15,25-26,34H,1-2,8-13,16-23H2,(H,32,35)(H,33,36)/t25-,26-/m0/s1. The van der Waals surface area contributed by atoms with Crippen LogP contribution in [-0.4, -0.2) is 47.2 Å². The van der Waals surface area contributed by atoms with E-state index in [1.807, 2.05) is 30.3 Å². The third kappa shape index (κ3) is 8.29. The first-order chi connectivity index (χ1) is 18.3. The Morgan fingerprint density at radius 1 is 0.895 bits per heavy atom. The summed E-state index contributed by atoms with van der Waals surface area (Å²) in [5.74, 6) is -1.67. The molecule has 0 spiro atoms. The van der Waals surface area contributed by atoms with Gasteiger partial charge in [-0.15, -0.1) is 13.2 Å². The highest BCUT2D eigenvalue weighted by Gasteiger charge is 2.40. The molecule has 0 unspecified atom stereocenters. The molecule has 3 rings (SSSR count). The molecule has 0 bridgehead atoms. The molecule has 2 saturated carbocycles. The van der Waals surface area contributed by atoms with Gasteiger partial charge in [0.2, 0.25) is 11.8 Å². The zero-order chi connectivity index (χ0) is 27.4. The van der Waals surface area contributed by atoms with Crippen molar-refractivity contribution in [3.63, 3.8) is 0 Å². The molecule has 2 amide bonds. The summed E-state index contributed by atoms with van der Waals surface area (Å²) in [5.41, 5.74) is -0.146. The lowest BCUT2D eigenvalue weighted by atomic mass is 9.93. The van der Waals surface area contributed by atoms with Gasteiger partial charge >= 0.3 is 5.97 Å². The molecule has 1 aromatic rings. The number of allylic oxidation sites excluding steroid dienone is 2. The summed E-state index contributed by atoms with van der Waals surface area (Å²) >= 11 is 0. The van der Waals surface area contributed by atoms with E-state index in [1.165, 1.54) is 0 Å². The van der Waals surface area contributed by atoms with Crippen LogP contribution in [0.1, 0.15) is 76.2 Å². The highest BCUT2D eigenvalue weighted by Crippen LogP contribution is 2.32. The van der Waals surface area contributed by atoms with Crippen LogP contribution >= 0.6 is 0 Å². The second kappa shape index (κ2) is 14.3. The molecule has 38 heavy (non-hydrogen) atoms. The number of nitrogens with one attached hydrogen (secondary N) is 2. The molecule has 208 valence electrons. The van der Waals surface area contributed by atoms with Crippen LogP contribution < -0.4 is 10.6 Å². The molecule has 1 aromatic carbocycles. The molecule has 0 aromatic heterocycles. The Labute approximate surface area is 227 Å². The van der Waals surface area contributed by atoms with Gasteiger partial charge in [-0.1, -0.05) is 68.2 Å². The quantitative estimate of drug-likeness (QED) is 0.233. The predicted molar refractivity (Wildman–Crippen MR) is 148 cm³/mol.